The molecule has 24 heavy (non-hydrogen) atoms. The van der Waals surface area contributed by atoms with E-state index in [4.69, 9.17) is 9.72 Å². The van der Waals surface area contributed by atoms with E-state index in [0.717, 1.165) is 44.2 Å². The number of morpholine rings is 1. The topological polar surface area (TPSA) is 30.3 Å². The summed E-state index contributed by atoms with van der Waals surface area (Å²) < 4.78 is 7.86. The molecule has 0 bridgehead atoms. The Morgan fingerprint density at radius 1 is 1.00 bits per heavy atom. The van der Waals surface area contributed by atoms with E-state index < -0.39 is 0 Å². The Bertz CT molecular complexity index is 806. The van der Waals surface area contributed by atoms with Crippen LogP contribution in [0.2, 0.25) is 0 Å². The molecule has 1 aliphatic rings. The van der Waals surface area contributed by atoms with Crippen molar-refractivity contribution in [2.45, 2.75) is 19.5 Å². The summed E-state index contributed by atoms with van der Waals surface area (Å²) in [4.78, 5) is 7.36. The van der Waals surface area contributed by atoms with Gasteiger partial charge in [-0.05, 0) is 24.6 Å². The number of imidazole rings is 1. The van der Waals surface area contributed by atoms with Crippen LogP contribution in [0.5, 0.6) is 0 Å². The van der Waals surface area contributed by atoms with Gasteiger partial charge in [-0.3, -0.25) is 4.90 Å². The second-order valence-electron chi connectivity index (χ2n) is 6.36. The van der Waals surface area contributed by atoms with Gasteiger partial charge >= 0.3 is 0 Å². The van der Waals surface area contributed by atoms with Gasteiger partial charge in [-0.15, -0.1) is 0 Å². The second kappa shape index (κ2) is 6.75. The molecule has 1 fully saturated rings. The molecule has 1 atom stereocenters. The van der Waals surface area contributed by atoms with E-state index in [2.05, 4.69) is 71.0 Å². The number of hydrogen-bond donors (Lipinski definition) is 0. The second-order valence-corrected chi connectivity index (χ2v) is 6.36. The third kappa shape index (κ3) is 2.95. The number of hydrogen-bond acceptors (Lipinski definition) is 3. The summed E-state index contributed by atoms with van der Waals surface area (Å²) in [7, 11) is 0. The van der Waals surface area contributed by atoms with Gasteiger partial charge in [0.15, 0.2) is 0 Å². The monoisotopic (exact) mass is 321 g/mol. The van der Waals surface area contributed by atoms with Crippen LogP contribution in [-0.4, -0.2) is 40.8 Å². The van der Waals surface area contributed by atoms with E-state index in [1.807, 2.05) is 0 Å². The summed E-state index contributed by atoms with van der Waals surface area (Å²) in [6.07, 6.45) is 0. The first-order valence-corrected chi connectivity index (χ1v) is 8.64. The zero-order chi connectivity index (χ0) is 16.4. The summed E-state index contributed by atoms with van der Waals surface area (Å²) >= 11 is 0. The third-order valence-corrected chi connectivity index (χ3v) is 4.81. The zero-order valence-electron chi connectivity index (χ0n) is 14.1. The van der Waals surface area contributed by atoms with Crippen LogP contribution >= 0.6 is 0 Å². The Labute approximate surface area is 142 Å². The van der Waals surface area contributed by atoms with E-state index in [9.17, 15) is 0 Å². The van der Waals surface area contributed by atoms with E-state index in [0.29, 0.717) is 0 Å². The Balaban J connectivity index is 1.75. The van der Waals surface area contributed by atoms with Gasteiger partial charge in [0.25, 0.3) is 0 Å². The molecule has 1 aliphatic heterocycles. The number of para-hydroxylation sites is 2. The minimum Gasteiger partial charge on any atom is -0.379 e. The number of rotatable bonds is 4. The van der Waals surface area contributed by atoms with Gasteiger partial charge in [0.05, 0.1) is 36.8 Å². The molecule has 0 unspecified atom stereocenters. The first-order valence-electron chi connectivity index (χ1n) is 8.64. The quantitative estimate of drug-likeness (QED) is 0.737. The van der Waals surface area contributed by atoms with Gasteiger partial charge in [0, 0.05) is 13.1 Å². The molecule has 1 aromatic heterocycles. The maximum absolute atomic E-state index is 5.47. The lowest BCUT2D eigenvalue weighted by molar-refractivity contribution is 0.0326. The van der Waals surface area contributed by atoms with Crippen molar-refractivity contribution in [3.8, 4) is 0 Å². The molecule has 2 heterocycles. The molecule has 0 N–H and O–H groups in total. The van der Waals surface area contributed by atoms with Gasteiger partial charge in [0.1, 0.15) is 5.82 Å². The molecule has 1 saturated heterocycles. The molecule has 0 radical (unpaired) electrons. The van der Waals surface area contributed by atoms with Crippen molar-refractivity contribution in [3.05, 3.63) is 66.0 Å². The minimum atomic E-state index is 0.259. The predicted octanol–water partition coefficient (Wildman–Crippen LogP) is 3.48. The lowest BCUT2D eigenvalue weighted by Gasteiger charge is -2.27. The number of nitrogens with zero attached hydrogens (tertiary/aromatic N) is 3. The van der Waals surface area contributed by atoms with Crippen LogP contribution in [0, 0.1) is 0 Å². The highest BCUT2D eigenvalue weighted by Crippen LogP contribution is 2.26. The highest BCUT2D eigenvalue weighted by molar-refractivity contribution is 5.76. The molecule has 0 amide bonds. The first-order chi connectivity index (χ1) is 11.8. The van der Waals surface area contributed by atoms with Crippen molar-refractivity contribution in [1.82, 2.24) is 14.5 Å². The van der Waals surface area contributed by atoms with Crippen LogP contribution in [0.15, 0.2) is 54.6 Å². The summed E-state index contributed by atoms with van der Waals surface area (Å²) in [6.45, 7) is 6.70. The van der Waals surface area contributed by atoms with Crippen molar-refractivity contribution in [1.29, 1.82) is 0 Å². The van der Waals surface area contributed by atoms with Crippen molar-refractivity contribution in [3.63, 3.8) is 0 Å². The van der Waals surface area contributed by atoms with E-state index >= 15 is 0 Å². The van der Waals surface area contributed by atoms with E-state index in [1.165, 1.54) is 11.1 Å². The molecule has 0 spiro atoms. The highest BCUT2D eigenvalue weighted by atomic mass is 16.5. The average Bonchev–Trinajstić information content (AvgIpc) is 3.00. The fraction of sp³-hybridized carbons (Fsp3) is 0.350. The number of fused-ring (bicyclic) bond motifs is 1. The van der Waals surface area contributed by atoms with Crippen LogP contribution in [0.4, 0.5) is 0 Å². The molecule has 2 aromatic carbocycles. The lowest BCUT2D eigenvalue weighted by atomic mass is 10.1. The summed E-state index contributed by atoms with van der Waals surface area (Å²) in [6, 6.07) is 19.3. The number of ether oxygens (including phenoxy) is 1. The van der Waals surface area contributed by atoms with Gasteiger partial charge in [0.2, 0.25) is 0 Å². The van der Waals surface area contributed by atoms with Crippen LogP contribution in [0.25, 0.3) is 11.0 Å². The summed E-state index contributed by atoms with van der Waals surface area (Å²) in [5.74, 6) is 1.13. The van der Waals surface area contributed by atoms with E-state index in [-0.39, 0.29) is 6.04 Å². The molecule has 0 saturated carbocycles. The van der Waals surface area contributed by atoms with Crippen LogP contribution in [-0.2, 0) is 11.3 Å². The molecule has 124 valence electrons. The van der Waals surface area contributed by atoms with Crippen molar-refractivity contribution in [2.75, 3.05) is 26.3 Å². The third-order valence-electron chi connectivity index (χ3n) is 4.81. The van der Waals surface area contributed by atoms with Crippen LogP contribution in [0.1, 0.15) is 24.4 Å². The highest BCUT2D eigenvalue weighted by Gasteiger charge is 2.20. The van der Waals surface area contributed by atoms with Gasteiger partial charge < -0.3 is 9.30 Å². The zero-order valence-corrected chi connectivity index (χ0v) is 14.1. The molecular formula is C20H23N3O. The minimum absolute atomic E-state index is 0.259. The van der Waals surface area contributed by atoms with Crippen molar-refractivity contribution < 1.29 is 4.74 Å². The standard InChI is InChI=1S/C20H23N3O/c1-16(17-7-3-2-4-8-17)23-19-10-6-5-9-18(19)21-20(23)15-22-11-13-24-14-12-22/h2-10,16H,11-15H2,1H3/t16-/m1/s1. The van der Waals surface area contributed by atoms with Crippen LogP contribution in [0.3, 0.4) is 0 Å². The maximum atomic E-state index is 5.47. The Morgan fingerprint density at radius 2 is 1.71 bits per heavy atom. The smallest absolute Gasteiger partial charge is 0.124 e. The fourth-order valence-corrected chi connectivity index (χ4v) is 3.48. The SMILES string of the molecule is C[C@H](c1ccccc1)n1c(CN2CCOCC2)nc2ccccc21. The molecule has 4 rings (SSSR count). The number of benzene rings is 2. The van der Waals surface area contributed by atoms with Gasteiger partial charge in [-0.2, -0.15) is 0 Å². The molecule has 3 aromatic rings. The fourth-order valence-electron chi connectivity index (χ4n) is 3.48. The van der Waals surface area contributed by atoms with Crippen molar-refractivity contribution in [2.24, 2.45) is 0 Å². The largest absolute Gasteiger partial charge is 0.379 e. The maximum Gasteiger partial charge on any atom is 0.124 e. The summed E-state index contributed by atoms with van der Waals surface area (Å²) in [5.41, 5.74) is 3.59. The normalized spacial score (nSPS) is 17.2. The average molecular weight is 321 g/mol. The van der Waals surface area contributed by atoms with Gasteiger partial charge in [-0.25, -0.2) is 4.98 Å². The Hall–Kier alpha value is -2.17. The van der Waals surface area contributed by atoms with Crippen LogP contribution < -0.4 is 0 Å². The molecule has 4 heteroatoms. The summed E-state index contributed by atoms with van der Waals surface area (Å²) in [5, 5.41) is 0. The van der Waals surface area contributed by atoms with Gasteiger partial charge in [-0.1, -0.05) is 42.5 Å². The molecule has 0 aliphatic carbocycles. The number of aromatic nitrogens is 2. The Kier molecular flexibility index (Phi) is 4.32. The van der Waals surface area contributed by atoms with E-state index in [1.54, 1.807) is 0 Å². The first kappa shape index (κ1) is 15.4. The molecular weight excluding hydrogens is 298 g/mol. The molecule has 4 nitrogen and oxygen atoms in total. The Morgan fingerprint density at radius 3 is 2.50 bits per heavy atom. The lowest BCUT2D eigenvalue weighted by Crippen LogP contribution is -2.36. The van der Waals surface area contributed by atoms with Crippen molar-refractivity contribution >= 4 is 11.0 Å². The predicted molar refractivity (Wildman–Crippen MR) is 96.1 cm³/mol.